The van der Waals surface area contributed by atoms with Gasteiger partial charge in [-0.2, -0.15) is 0 Å². The van der Waals surface area contributed by atoms with Crippen molar-refractivity contribution in [3.05, 3.63) is 0 Å². The third kappa shape index (κ3) is 2.38. The molecule has 0 aromatic rings. The largest absolute Gasteiger partial charge is 0.441 e. The Labute approximate surface area is 85.2 Å². The minimum Gasteiger partial charge on any atom is -0.441 e. The summed E-state index contributed by atoms with van der Waals surface area (Å²) in [5.74, 6) is 0.502. The molecular formula is C10H19NO3. The van der Waals surface area contributed by atoms with Crippen LogP contribution >= 0.6 is 0 Å². The van der Waals surface area contributed by atoms with Gasteiger partial charge in [-0.15, -0.1) is 0 Å². The quantitative estimate of drug-likeness (QED) is 0.696. The molecule has 1 saturated heterocycles. The zero-order chi connectivity index (χ0) is 10.7. The van der Waals surface area contributed by atoms with E-state index in [1.807, 2.05) is 6.92 Å². The third-order valence-corrected chi connectivity index (χ3v) is 2.28. The van der Waals surface area contributed by atoms with Gasteiger partial charge in [0.05, 0.1) is 0 Å². The van der Waals surface area contributed by atoms with Crippen LogP contribution in [0.2, 0.25) is 0 Å². The Morgan fingerprint density at radius 2 is 2.21 bits per heavy atom. The number of amides is 1. The summed E-state index contributed by atoms with van der Waals surface area (Å²) in [5.41, 5.74) is 0. The average Bonchev–Trinajstić information content (AvgIpc) is 2.32. The lowest BCUT2D eigenvalue weighted by Gasteiger charge is -2.21. The number of ether oxygens (including phenoxy) is 2. The van der Waals surface area contributed by atoms with Crippen LogP contribution in [0, 0.1) is 5.92 Å². The van der Waals surface area contributed by atoms with E-state index >= 15 is 0 Å². The standard InChI is InChI=1S/C10H19NO3/c1-5-13-9-8(6-7(2)3)14-10(12)11(9)4/h7-9H,5-6H2,1-4H3/t8-,9-/m1/s1. The number of likely N-dealkylation sites (N-methyl/N-ethyl adjacent to an activating group) is 1. The maximum absolute atomic E-state index is 11.3. The van der Waals surface area contributed by atoms with Crippen LogP contribution < -0.4 is 0 Å². The molecule has 0 saturated carbocycles. The molecule has 2 atom stereocenters. The minimum atomic E-state index is -0.283. The molecule has 1 aliphatic rings. The lowest BCUT2D eigenvalue weighted by atomic mass is 10.1. The highest BCUT2D eigenvalue weighted by molar-refractivity contribution is 5.69. The number of hydrogen-bond acceptors (Lipinski definition) is 3. The van der Waals surface area contributed by atoms with Crippen LogP contribution in [-0.2, 0) is 9.47 Å². The summed E-state index contributed by atoms with van der Waals surface area (Å²) < 4.78 is 10.7. The summed E-state index contributed by atoms with van der Waals surface area (Å²) >= 11 is 0. The van der Waals surface area contributed by atoms with Gasteiger partial charge in [0.2, 0.25) is 0 Å². The molecule has 0 unspecified atom stereocenters. The smallest absolute Gasteiger partial charge is 0.412 e. The molecule has 1 amide bonds. The van der Waals surface area contributed by atoms with Crippen LogP contribution in [0.3, 0.4) is 0 Å². The summed E-state index contributed by atoms with van der Waals surface area (Å²) in [6, 6.07) is 0. The maximum atomic E-state index is 11.3. The zero-order valence-electron chi connectivity index (χ0n) is 9.32. The molecule has 0 aliphatic carbocycles. The van der Waals surface area contributed by atoms with Crippen molar-refractivity contribution in [1.82, 2.24) is 4.90 Å². The molecule has 0 aromatic carbocycles. The van der Waals surface area contributed by atoms with E-state index in [-0.39, 0.29) is 18.4 Å². The van der Waals surface area contributed by atoms with Crippen LogP contribution in [0.4, 0.5) is 4.79 Å². The molecule has 1 rings (SSSR count). The number of rotatable bonds is 4. The summed E-state index contributed by atoms with van der Waals surface area (Å²) in [6.45, 7) is 6.73. The van der Waals surface area contributed by atoms with E-state index in [2.05, 4.69) is 13.8 Å². The first kappa shape index (κ1) is 11.3. The van der Waals surface area contributed by atoms with Crippen molar-refractivity contribution in [2.24, 2.45) is 5.92 Å². The van der Waals surface area contributed by atoms with Gasteiger partial charge in [-0.1, -0.05) is 13.8 Å². The topological polar surface area (TPSA) is 38.8 Å². The Bertz CT molecular complexity index is 206. The first-order valence-electron chi connectivity index (χ1n) is 5.11. The van der Waals surface area contributed by atoms with Gasteiger partial charge in [-0.25, -0.2) is 4.79 Å². The first-order chi connectivity index (χ1) is 6.56. The fourth-order valence-electron chi connectivity index (χ4n) is 1.64. The van der Waals surface area contributed by atoms with E-state index in [0.717, 1.165) is 6.42 Å². The van der Waals surface area contributed by atoms with Gasteiger partial charge in [-0.3, -0.25) is 4.90 Å². The lowest BCUT2D eigenvalue weighted by molar-refractivity contribution is -0.0448. The van der Waals surface area contributed by atoms with E-state index in [1.54, 1.807) is 7.05 Å². The maximum Gasteiger partial charge on any atom is 0.412 e. The normalized spacial score (nSPS) is 27.2. The van der Waals surface area contributed by atoms with Gasteiger partial charge in [0.25, 0.3) is 0 Å². The first-order valence-corrected chi connectivity index (χ1v) is 5.11. The zero-order valence-corrected chi connectivity index (χ0v) is 9.32. The summed E-state index contributed by atoms with van der Waals surface area (Å²) in [7, 11) is 1.71. The molecule has 4 nitrogen and oxygen atoms in total. The molecule has 1 heterocycles. The molecule has 1 fully saturated rings. The number of cyclic esters (lactones) is 1. The van der Waals surface area contributed by atoms with Crippen LogP contribution in [0.15, 0.2) is 0 Å². The van der Waals surface area contributed by atoms with Crippen molar-refractivity contribution >= 4 is 6.09 Å². The Morgan fingerprint density at radius 1 is 1.57 bits per heavy atom. The van der Waals surface area contributed by atoms with E-state index < -0.39 is 0 Å². The highest BCUT2D eigenvalue weighted by Gasteiger charge is 2.40. The Kier molecular flexibility index (Phi) is 3.75. The van der Waals surface area contributed by atoms with Crippen molar-refractivity contribution in [3.63, 3.8) is 0 Å². The molecule has 0 bridgehead atoms. The number of nitrogens with zero attached hydrogens (tertiary/aromatic N) is 1. The monoisotopic (exact) mass is 201 g/mol. The molecule has 0 spiro atoms. The van der Waals surface area contributed by atoms with Gasteiger partial charge in [0, 0.05) is 13.7 Å². The van der Waals surface area contributed by atoms with Gasteiger partial charge in [0.15, 0.2) is 6.23 Å². The van der Waals surface area contributed by atoms with Crippen molar-refractivity contribution in [3.8, 4) is 0 Å². The number of carbonyl (C=O) groups excluding carboxylic acids is 1. The molecule has 14 heavy (non-hydrogen) atoms. The molecule has 1 aliphatic heterocycles. The van der Waals surface area contributed by atoms with Crippen molar-refractivity contribution in [2.75, 3.05) is 13.7 Å². The van der Waals surface area contributed by atoms with E-state index in [0.29, 0.717) is 12.5 Å². The fraction of sp³-hybridized carbons (Fsp3) is 0.900. The minimum absolute atomic E-state index is 0.118. The molecule has 0 N–H and O–H groups in total. The van der Waals surface area contributed by atoms with E-state index in [4.69, 9.17) is 9.47 Å². The van der Waals surface area contributed by atoms with Crippen LogP contribution in [0.5, 0.6) is 0 Å². The van der Waals surface area contributed by atoms with Crippen molar-refractivity contribution < 1.29 is 14.3 Å². The Morgan fingerprint density at radius 3 is 2.71 bits per heavy atom. The van der Waals surface area contributed by atoms with Crippen molar-refractivity contribution in [1.29, 1.82) is 0 Å². The number of carbonyl (C=O) groups is 1. The molecular weight excluding hydrogens is 182 g/mol. The number of hydrogen-bond donors (Lipinski definition) is 0. The van der Waals surface area contributed by atoms with E-state index in [9.17, 15) is 4.79 Å². The fourth-order valence-corrected chi connectivity index (χ4v) is 1.64. The van der Waals surface area contributed by atoms with Gasteiger partial charge < -0.3 is 9.47 Å². The molecule has 82 valence electrons. The van der Waals surface area contributed by atoms with Gasteiger partial charge >= 0.3 is 6.09 Å². The van der Waals surface area contributed by atoms with Crippen molar-refractivity contribution in [2.45, 2.75) is 39.5 Å². The van der Waals surface area contributed by atoms with Crippen LogP contribution in [-0.4, -0.2) is 37.0 Å². The molecule has 4 heteroatoms. The van der Waals surface area contributed by atoms with Gasteiger partial charge in [-0.05, 0) is 19.3 Å². The second kappa shape index (κ2) is 4.64. The predicted octanol–water partition coefficient (Wildman–Crippen LogP) is 1.85. The summed E-state index contributed by atoms with van der Waals surface area (Å²) in [6.07, 6.45) is 0.234. The predicted molar refractivity (Wildman–Crippen MR) is 52.9 cm³/mol. The Hall–Kier alpha value is -0.770. The van der Waals surface area contributed by atoms with Crippen LogP contribution in [0.1, 0.15) is 27.2 Å². The average molecular weight is 201 g/mol. The Balaban J connectivity index is 2.59. The SMILES string of the molecule is CCO[C@@H]1[C@@H](CC(C)C)OC(=O)N1C. The second-order valence-corrected chi connectivity index (χ2v) is 4.01. The molecule has 0 aromatic heterocycles. The van der Waals surface area contributed by atoms with E-state index in [1.165, 1.54) is 4.90 Å². The van der Waals surface area contributed by atoms with Gasteiger partial charge in [0.1, 0.15) is 6.10 Å². The summed E-state index contributed by atoms with van der Waals surface area (Å²) in [4.78, 5) is 12.8. The second-order valence-electron chi connectivity index (χ2n) is 4.01. The summed E-state index contributed by atoms with van der Waals surface area (Å²) in [5, 5.41) is 0. The third-order valence-electron chi connectivity index (χ3n) is 2.28. The van der Waals surface area contributed by atoms with Crippen LogP contribution in [0.25, 0.3) is 0 Å². The molecule has 0 radical (unpaired) electrons. The highest BCUT2D eigenvalue weighted by Crippen LogP contribution is 2.24. The highest BCUT2D eigenvalue weighted by atomic mass is 16.6. The lowest BCUT2D eigenvalue weighted by Crippen LogP contribution is -2.36.